The fraction of sp³-hybridized carbons (Fsp3) is 0.533. The van der Waals surface area contributed by atoms with E-state index in [9.17, 15) is 0 Å². The maximum Gasteiger partial charge on any atom is 0.109 e. The van der Waals surface area contributed by atoms with Gasteiger partial charge in [0.2, 0.25) is 0 Å². The molecule has 0 amide bonds. The molecular weight excluding hydrogens is 242 g/mol. The average molecular weight is 263 g/mol. The van der Waals surface area contributed by atoms with E-state index in [1.807, 2.05) is 0 Å². The van der Waals surface area contributed by atoms with Crippen LogP contribution in [0.2, 0.25) is 0 Å². The Kier molecular flexibility index (Phi) is 4.36. The van der Waals surface area contributed by atoms with Crippen molar-refractivity contribution < 1.29 is 4.74 Å². The van der Waals surface area contributed by atoms with Gasteiger partial charge in [-0.05, 0) is 25.8 Å². The van der Waals surface area contributed by atoms with Gasteiger partial charge in [-0.1, -0.05) is 43.4 Å². The third kappa shape index (κ3) is 3.09. The van der Waals surface area contributed by atoms with Crippen LogP contribution in [0.4, 0.5) is 0 Å². The lowest BCUT2D eigenvalue weighted by Gasteiger charge is -2.37. The molecule has 0 aromatic heterocycles. The topological polar surface area (TPSA) is 12.5 Å². The van der Waals surface area contributed by atoms with Gasteiger partial charge in [0, 0.05) is 18.7 Å². The Morgan fingerprint density at radius 3 is 2.28 bits per heavy atom. The maximum atomic E-state index is 5.74. The summed E-state index contributed by atoms with van der Waals surface area (Å²) in [5.74, 6) is 0. The number of rotatable bonds is 2. The van der Waals surface area contributed by atoms with Crippen LogP contribution < -0.4 is 0 Å². The Hall–Kier alpha value is -0.930. The normalized spacial score (nSPS) is 24.1. The molecule has 0 aliphatic carbocycles. The molecule has 1 heterocycles. The summed E-state index contributed by atoms with van der Waals surface area (Å²) in [7, 11) is 0. The molecule has 2 atom stereocenters. The first kappa shape index (κ1) is 13.5. The smallest absolute Gasteiger partial charge is 0.109 e. The maximum absolute atomic E-state index is 5.74. The molecule has 0 spiro atoms. The minimum absolute atomic E-state index is 0.251. The molecule has 1 fully saturated rings. The van der Waals surface area contributed by atoms with Gasteiger partial charge < -0.3 is 9.64 Å². The van der Waals surface area contributed by atoms with Gasteiger partial charge in [0.05, 0.1) is 12.2 Å². The van der Waals surface area contributed by atoms with Gasteiger partial charge >= 0.3 is 0 Å². The van der Waals surface area contributed by atoms with Crippen LogP contribution in [0.1, 0.15) is 31.9 Å². The third-order valence-corrected chi connectivity index (χ3v) is 3.81. The molecule has 1 aliphatic heterocycles. The van der Waals surface area contributed by atoms with Crippen molar-refractivity contribution in [2.24, 2.45) is 0 Å². The van der Waals surface area contributed by atoms with Crippen molar-refractivity contribution in [3.8, 4) is 0 Å². The van der Waals surface area contributed by atoms with E-state index >= 15 is 0 Å². The highest BCUT2D eigenvalue weighted by atomic mass is 32.1. The highest BCUT2D eigenvalue weighted by Crippen LogP contribution is 2.16. The van der Waals surface area contributed by atoms with E-state index in [4.69, 9.17) is 17.0 Å². The van der Waals surface area contributed by atoms with Crippen molar-refractivity contribution in [1.29, 1.82) is 0 Å². The van der Waals surface area contributed by atoms with Crippen LogP contribution in [-0.4, -0.2) is 35.2 Å². The van der Waals surface area contributed by atoms with Gasteiger partial charge in [-0.15, -0.1) is 0 Å². The first-order valence-corrected chi connectivity index (χ1v) is 7.04. The molecule has 2 nitrogen and oxygen atoms in total. The molecule has 0 bridgehead atoms. The predicted molar refractivity (Wildman–Crippen MR) is 79.1 cm³/mol. The van der Waals surface area contributed by atoms with Crippen molar-refractivity contribution in [3.63, 3.8) is 0 Å². The van der Waals surface area contributed by atoms with E-state index in [1.54, 1.807) is 0 Å². The average Bonchev–Trinajstić information content (AvgIpc) is 2.37. The molecule has 2 rings (SSSR count). The molecule has 1 aromatic carbocycles. The molecule has 98 valence electrons. The van der Waals surface area contributed by atoms with Gasteiger partial charge in [-0.2, -0.15) is 0 Å². The minimum atomic E-state index is 0.251. The van der Waals surface area contributed by atoms with Crippen LogP contribution in [0.3, 0.4) is 0 Å². The zero-order valence-corrected chi connectivity index (χ0v) is 12.2. The van der Waals surface area contributed by atoms with Gasteiger partial charge in [-0.25, -0.2) is 0 Å². The number of hydrogen-bond donors (Lipinski definition) is 0. The Bertz CT molecular complexity index is 405. The van der Waals surface area contributed by atoms with Crippen molar-refractivity contribution in [2.75, 3.05) is 13.1 Å². The van der Waals surface area contributed by atoms with Gasteiger partial charge in [-0.3, -0.25) is 0 Å². The number of aryl methyl sites for hydroxylation is 1. The second-order valence-corrected chi connectivity index (χ2v) is 5.40. The standard InChI is InChI=1S/C15H21NOS/c1-4-13-5-7-14(8-6-13)15(18)16-9-11(2)17-12(3)10-16/h5-8,11-12H,4,9-10H2,1-3H3/t11-,12+. The molecule has 1 saturated heterocycles. The van der Waals surface area contributed by atoms with Gasteiger partial charge in [0.25, 0.3) is 0 Å². The Morgan fingerprint density at radius 1 is 1.22 bits per heavy atom. The van der Waals surface area contributed by atoms with E-state index in [1.165, 1.54) is 5.56 Å². The van der Waals surface area contributed by atoms with Crippen LogP contribution in [0.25, 0.3) is 0 Å². The molecule has 0 saturated carbocycles. The lowest BCUT2D eigenvalue weighted by Crippen LogP contribution is -2.47. The van der Waals surface area contributed by atoms with E-state index < -0.39 is 0 Å². The molecule has 1 aliphatic rings. The zero-order valence-electron chi connectivity index (χ0n) is 11.3. The van der Waals surface area contributed by atoms with Crippen LogP contribution in [0.5, 0.6) is 0 Å². The number of ether oxygens (including phenoxy) is 1. The third-order valence-electron chi connectivity index (χ3n) is 3.32. The van der Waals surface area contributed by atoms with E-state index in [-0.39, 0.29) is 12.2 Å². The number of hydrogen-bond acceptors (Lipinski definition) is 2. The fourth-order valence-electron chi connectivity index (χ4n) is 2.41. The highest BCUT2D eigenvalue weighted by Gasteiger charge is 2.24. The summed E-state index contributed by atoms with van der Waals surface area (Å²) in [6.45, 7) is 8.15. The Morgan fingerprint density at radius 2 is 1.78 bits per heavy atom. The van der Waals surface area contributed by atoms with Crippen LogP contribution in [-0.2, 0) is 11.2 Å². The molecule has 0 radical (unpaired) electrons. The highest BCUT2D eigenvalue weighted by molar-refractivity contribution is 7.80. The molecule has 18 heavy (non-hydrogen) atoms. The first-order valence-electron chi connectivity index (χ1n) is 6.63. The van der Waals surface area contributed by atoms with Crippen molar-refractivity contribution in [2.45, 2.75) is 39.4 Å². The van der Waals surface area contributed by atoms with Crippen molar-refractivity contribution in [3.05, 3.63) is 35.4 Å². The quantitative estimate of drug-likeness (QED) is 0.761. The van der Waals surface area contributed by atoms with Crippen LogP contribution >= 0.6 is 12.2 Å². The monoisotopic (exact) mass is 263 g/mol. The lowest BCUT2D eigenvalue weighted by atomic mass is 10.1. The van der Waals surface area contributed by atoms with Crippen LogP contribution in [0, 0.1) is 0 Å². The lowest BCUT2D eigenvalue weighted by molar-refractivity contribution is -0.0472. The summed E-state index contributed by atoms with van der Waals surface area (Å²) >= 11 is 5.60. The zero-order chi connectivity index (χ0) is 13.1. The summed E-state index contributed by atoms with van der Waals surface area (Å²) in [6, 6.07) is 8.59. The molecule has 1 aromatic rings. The van der Waals surface area contributed by atoms with Crippen LogP contribution in [0.15, 0.2) is 24.3 Å². The SMILES string of the molecule is CCc1ccc(C(=S)N2C[C@@H](C)O[C@@H](C)C2)cc1. The number of morpholine rings is 1. The predicted octanol–water partition coefficient (Wildman–Crippen LogP) is 3.03. The summed E-state index contributed by atoms with van der Waals surface area (Å²) in [5, 5.41) is 0. The van der Waals surface area contributed by atoms with Crippen molar-refractivity contribution in [1.82, 2.24) is 4.90 Å². The fourth-order valence-corrected chi connectivity index (χ4v) is 2.69. The number of nitrogens with zero attached hydrogens (tertiary/aromatic N) is 1. The second-order valence-electron chi connectivity index (χ2n) is 5.02. The van der Waals surface area contributed by atoms with E-state index in [0.717, 1.165) is 30.1 Å². The summed E-state index contributed by atoms with van der Waals surface area (Å²) in [5.41, 5.74) is 2.49. The van der Waals surface area contributed by atoms with Gasteiger partial charge in [0.15, 0.2) is 0 Å². The van der Waals surface area contributed by atoms with E-state index in [2.05, 4.69) is 49.9 Å². The Labute approximate surface area is 115 Å². The minimum Gasteiger partial charge on any atom is -0.372 e. The summed E-state index contributed by atoms with van der Waals surface area (Å²) in [4.78, 5) is 3.20. The molecule has 0 unspecified atom stereocenters. The van der Waals surface area contributed by atoms with Gasteiger partial charge in [0.1, 0.15) is 4.99 Å². The number of thiocarbonyl (C=S) groups is 1. The Balaban J connectivity index is 2.09. The molecule has 3 heteroatoms. The molecular formula is C15H21NOS. The summed E-state index contributed by atoms with van der Waals surface area (Å²) in [6.07, 6.45) is 1.57. The van der Waals surface area contributed by atoms with Crippen molar-refractivity contribution >= 4 is 17.2 Å². The second kappa shape index (κ2) is 5.81. The summed E-state index contributed by atoms with van der Waals surface area (Å²) < 4.78 is 5.74. The van der Waals surface area contributed by atoms with E-state index in [0.29, 0.717) is 0 Å². The first-order chi connectivity index (χ1) is 8.60. The molecule has 0 N–H and O–H groups in total. The number of benzene rings is 1. The largest absolute Gasteiger partial charge is 0.372 e.